The van der Waals surface area contributed by atoms with Gasteiger partial charge in [0, 0.05) is 12.0 Å². The Morgan fingerprint density at radius 3 is 2.71 bits per heavy atom. The molecule has 0 fully saturated rings. The molecule has 0 bridgehead atoms. The molecule has 2 nitrogen and oxygen atoms in total. The molecule has 1 heterocycles. The van der Waals surface area contributed by atoms with Gasteiger partial charge in [-0.25, -0.2) is 0 Å². The summed E-state index contributed by atoms with van der Waals surface area (Å²) in [6.45, 7) is 6.42. The summed E-state index contributed by atoms with van der Waals surface area (Å²) in [5.74, 6) is 1.41. The van der Waals surface area contributed by atoms with Crippen LogP contribution in [-0.2, 0) is 0 Å². The van der Waals surface area contributed by atoms with Crippen LogP contribution in [0.3, 0.4) is 0 Å². The minimum absolute atomic E-state index is 0.162. The van der Waals surface area contributed by atoms with Crippen molar-refractivity contribution in [2.24, 2.45) is 5.92 Å². The van der Waals surface area contributed by atoms with Crippen LogP contribution in [0.15, 0.2) is 18.2 Å². The minimum atomic E-state index is -0.371. The molecule has 1 aliphatic heterocycles. The first-order valence-corrected chi connectivity index (χ1v) is 6.61. The van der Waals surface area contributed by atoms with E-state index in [-0.39, 0.29) is 12.2 Å². The second kappa shape index (κ2) is 5.09. The molecular weight excluding hydrogens is 212 g/mol. The fraction of sp³-hybridized carbons (Fsp3) is 0.600. The summed E-state index contributed by atoms with van der Waals surface area (Å²) in [5, 5.41) is 10.2. The van der Waals surface area contributed by atoms with Crippen molar-refractivity contribution < 1.29 is 9.84 Å². The number of benzene rings is 1. The van der Waals surface area contributed by atoms with E-state index in [1.54, 1.807) is 0 Å². The van der Waals surface area contributed by atoms with Gasteiger partial charge in [-0.2, -0.15) is 0 Å². The normalized spacial score (nSPS) is 23.4. The molecule has 1 aliphatic rings. The summed E-state index contributed by atoms with van der Waals surface area (Å²) in [6, 6.07) is 6.06. The highest BCUT2D eigenvalue weighted by atomic mass is 16.5. The van der Waals surface area contributed by atoms with Crippen LogP contribution in [0.1, 0.15) is 50.3 Å². The van der Waals surface area contributed by atoms with Crippen molar-refractivity contribution in [1.29, 1.82) is 0 Å². The Labute approximate surface area is 104 Å². The minimum Gasteiger partial charge on any atom is -0.490 e. The number of ether oxygens (including phenoxy) is 1. The Morgan fingerprint density at radius 1 is 1.35 bits per heavy atom. The van der Waals surface area contributed by atoms with E-state index in [1.165, 1.54) is 5.56 Å². The van der Waals surface area contributed by atoms with Crippen LogP contribution in [0.4, 0.5) is 0 Å². The summed E-state index contributed by atoms with van der Waals surface area (Å²) in [4.78, 5) is 0. The van der Waals surface area contributed by atoms with Crippen molar-refractivity contribution in [1.82, 2.24) is 0 Å². The van der Waals surface area contributed by atoms with Crippen LogP contribution in [0.2, 0.25) is 0 Å². The van der Waals surface area contributed by atoms with Gasteiger partial charge in [-0.3, -0.25) is 0 Å². The van der Waals surface area contributed by atoms with E-state index in [1.807, 2.05) is 25.1 Å². The van der Waals surface area contributed by atoms with Crippen molar-refractivity contribution >= 4 is 0 Å². The van der Waals surface area contributed by atoms with Gasteiger partial charge in [-0.1, -0.05) is 25.5 Å². The summed E-state index contributed by atoms with van der Waals surface area (Å²) in [5.41, 5.74) is 2.12. The lowest BCUT2D eigenvalue weighted by Gasteiger charge is -2.34. The van der Waals surface area contributed by atoms with E-state index >= 15 is 0 Å². The van der Waals surface area contributed by atoms with E-state index < -0.39 is 0 Å². The first-order chi connectivity index (χ1) is 8.15. The monoisotopic (exact) mass is 234 g/mol. The maximum absolute atomic E-state index is 10.2. The molecule has 0 aliphatic carbocycles. The molecule has 0 aromatic heterocycles. The molecule has 0 saturated carbocycles. The fourth-order valence-electron chi connectivity index (χ4n) is 2.70. The third-order valence-electron chi connectivity index (χ3n) is 3.83. The Kier molecular flexibility index (Phi) is 3.72. The molecule has 2 rings (SSSR count). The second-order valence-electron chi connectivity index (χ2n) is 5.03. The van der Waals surface area contributed by atoms with Crippen LogP contribution in [-0.4, -0.2) is 11.2 Å². The lowest BCUT2D eigenvalue weighted by Crippen LogP contribution is -2.32. The molecule has 1 N–H and O–H groups in total. The highest BCUT2D eigenvalue weighted by molar-refractivity contribution is 5.40. The van der Waals surface area contributed by atoms with Crippen molar-refractivity contribution in [3.8, 4) is 5.75 Å². The van der Waals surface area contributed by atoms with Crippen LogP contribution >= 0.6 is 0 Å². The molecule has 0 radical (unpaired) electrons. The molecule has 1 aromatic rings. The predicted octanol–water partition coefficient (Wildman–Crippen LogP) is 3.62. The van der Waals surface area contributed by atoms with E-state index in [4.69, 9.17) is 4.74 Å². The molecule has 2 atom stereocenters. The number of aryl methyl sites for hydroxylation is 1. The van der Waals surface area contributed by atoms with Gasteiger partial charge in [-0.05, 0) is 37.8 Å². The zero-order valence-electron chi connectivity index (χ0n) is 10.9. The highest BCUT2D eigenvalue weighted by Gasteiger charge is 2.30. The van der Waals surface area contributed by atoms with E-state index in [9.17, 15) is 5.11 Å². The number of hydrogen-bond acceptors (Lipinski definition) is 2. The summed E-state index contributed by atoms with van der Waals surface area (Å²) in [7, 11) is 0. The number of fused-ring (bicyclic) bond motifs is 1. The zero-order chi connectivity index (χ0) is 12.4. The zero-order valence-corrected chi connectivity index (χ0v) is 10.9. The van der Waals surface area contributed by atoms with E-state index in [0.29, 0.717) is 5.92 Å². The average Bonchev–Trinajstić information content (AvgIpc) is 2.32. The van der Waals surface area contributed by atoms with Gasteiger partial charge in [0.2, 0.25) is 0 Å². The van der Waals surface area contributed by atoms with Crippen molar-refractivity contribution in [3.63, 3.8) is 0 Å². The molecular formula is C15H22O2. The number of rotatable bonds is 3. The van der Waals surface area contributed by atoms with Crippen LogP contribution < -0.4 is 4.74 Å². The standard InChI is InChI=1S/C15H22O2/c1-4-11(5-2)15-9-13(16)12-8-10(3)6-7-14(12)17-15/h6-8,11,13,15-16H,4-5,9H2,1-3H3/t13-,15?/m0/s1. The van der Waals surface area contributed by atoms with Crippen LogP contribution in [0.5, 0.6) is 5.75 Å². The Hall–Kier alpha value is -1.02. The van der Waals surface area contributed by atoms with Crippen molar-refractivity contribution in [2.75, 3.05) is 0 Å². The smallest absolute Gasteiger partial charge is 0.125 e. The molecule has 94 valence electrons. The third kappa shape index (κ3) is 2.47. The van der Waals surface area contributed by atoms with Crippen LogP contribution in [0, 0.1) is 12.8 Å². The predicted molar refractivity (Wildman–Crippen MR) is 69.2 cm³/mol. The quantitative estimate of drug-likeness (QED) is 0.865. The Balaban J connectivity index is 2.24. The first kappa shape index (κ1) is 12.4. The van der Waals surface area contributed by atoms with Gasteiger partial charge in [0.05, 0.1) is 6.10 Å². The molecule has 0 spiro atoms. The lowest BCUT2D eigenvalue weighted by molar-refractivity contribution is 0.0317. The summed E-state index contributed by atoms with van der Waals surface area (Å²) >= 11 is 0. The van der Waals surface area contributed by atoms with Gasteiger partial charge in [0.1, 0.15) is 11.9 Å². The maximum atomic E-state index is 10.2. The average molecular weight is 234 g/mol. The molecule has 0 amide bonds. The number of hydrogen-bond donors (Lipinski definition) is 1. The fourth-order valence-corrected chi connectivity index (χ4v) is 2.70. The topological polar surface area (TPSA) is 29.5 Å². The molecule has 2 heteroatoms. The number of aliphatic hydroxyl groups is 1. The van der Waals surface area contributed by atoms with Gasteiger partial charge >= 0.3 is 0 Å². The van der Waals surface area contributed by atoms with Gasteiger partial charge in [0.25, 0.3) is 0 Å². The highest BCUT2D eigenvalue weighted by Crippen LogP contribution is 2.38. The SMILES string of the molecule is CCC(CC)C1C[C@H](O)c2cc(C)ccc2O1. The maximum Gasteiger partial charge on any atom is 0.125 e. The molecule has 1 aromatic carbocycles. The largest absolute Gasteiger partial charge is 0.490 e. The molecule has 1 unspecified atom stereocenters. The second-order valence-corrected chi connectivity index (χ2v) is 5.03. The molecule has 0 saturated heterocycles. The lowest BCUT2D eigenvalue weighted by atomic mass is 9.88. The van der Waals surface area contributed by atoms with Crippen molar-refractivity contribution in [3.05, 3.63) is 29.3 Å². The van der Waals surface area contributed by atoms with Gasteiger partial charge in [0.15, 0.2) is 0 Å². The molecule has 17 heavy (non-hydrogen) atoms. The number of aliphatic hydroxyl groups excluding tert-OH is 1. The van der Waals surface area contributed by atoms with Gasteiger partial charge in [-0.15, -0.1) is 0 Å². The Morgan fingerprint density at radius 2 is 2.06 bits per heavy atom. The van der Waals surface area contributed by atoms with Gasteiger partial charge < -0.3 is 9.84 Å². The summed E-state index contributed by atoms with van der Waals surface area (Å²) < 4.78 is 6.04. The van der Waals surface area contributed by atoms with Crippen molar-refractivity contribution in [2.45, 2.75) is 52.2 Å². The van der Waals surface area contributed by atoms with Crippen LogP contribution in [0.25, 0.3) is 0 Å². The summed E-state index contributed by atoms with van der Waals surface area (Å²) in [6.07, 6.45) is 2.73. The van der Waals surface area contributed by atoms with E-state index in [2.05, 4.69) is 13.8 Å². The Bertz CT molecular complexity index is 383. The third-order valence-corrected chi connectivity index (χ3v) is 3.83. The van der Waals surface area contributed by atoms with E-state index in [0.717, 1.165) is 30.6 Å². The first-order valence-electron chi connectivity index (χ1n) is 6.61.